The standard InChI is InChI=1S/C17H25ClN4O.HI/c18-15-10-6-5-9-14(15)16(23)20-11-12-21-17(19)22-13-7-3-1-2-4-8-13;/h5-6,9-10,13H,1-4,7-8,11-12H2,(H,20,23)(H3,19,21,22);1H. The van der Waals surface area contributed by atoms with Crippen molar-refractivity contribution in [3.05, 3.63) is 34.9 Å². The summed E-state index contributed by atoms with van der Waals surface area (Å²) in [7, 11) is 0. The van der Waals surface area contributed by atoms with Gasteiger partial charge in [-0.3, -0.25) is 9.79 Å². The fourth-order valence-corrected chi connectivity index (χ4v) is 2.99. The second kappa shape index (κ2) is 11.5. The van der Waals surface area contributed by atoms with E-state index < -0.39 is 0 Å². The first-order chi connectivity index (χ1) is 11.2. The van der Waals surface area contributed by atoms with Crippen LogP contribution in [0.25, 0.3) is 0 Å². The molecule has 1 amide bonds. The lowest BCUT2D eigenvalue weighted by Gasteiger charge is -2.16. The molecule has 1 aliphatic carbocycles. The number of nitrogens with zero attached hydrogens (tertiary/aromatic N) is 1. The Kier molecular flexibility index (Phi) is 10.1. The third kappa shape index (κ3) is 7.25. The molecule has 0 aromatic heterocycles. The number of hydrogen-bond acceptors (Lipinski definition) is 2. The summed E-state index contributed by atoms with van der Waals surface area (Å²) >= 11 is 5.99. The van der Waals surface area contributed by atoms with Gasteiger partial charge in [-0.05, 0) is 25.0 Å². The minimum Gasteiger partial charge on any atom is -0.370 e. The zero-order valence-electron chi connectivity index (χ0n) is 13.8. The Hall–Kier alpha value is -1.02. The molecule has 1 fully saturated rings. The van der Waals surface area contributed by atoms with Crippen LogP contribution in [0.1, 0.15) is 48.9 Å². The highest BCUT2D eigenvalue weighted by Gasteiger charge is 2.12. The van der Waals surface area contributed by atoms with Crippen molar-refractivity contribution in [2.75, 3.05) is 13.1 Å². The summed E-state index contributed by atoms with van der Waals surface area (Å²) in [6, 6.07) is 7.40. The van der Waals surface area contributed by atoms with E-state index in [9.17, 15) is 4.79 Å². The quantitative estimate of drug-likeness (QED) is 0.206. The van der Waals surface area contributed by atoms with Gasteiger partial charge in [-0.2, -0.15) is 0 Å². The average molecular weight is 465 g/mol. The van der Waals surface area contributed by atoms with Crippen molar-refractivity contribution in [3.8, 4) is 0 Å². The van der Waals surface area contributed by atoms with E-state index in [1.165, 1.54) is 25.7 Å². The molecule has 2 rings (SSSR count). The van der Waals surface area contributed by atoms with Gasteiger partial charge in [0.1, 0.15) is 0 Å². The van der Waals surface area contributed by atoms with Gasteiger partial charge in [0.05, 0.1) is 17.1 Å². The van der Waals surface area contributed by atoms with Crippen LogP contribution in [-0.2, 0) is 0 Å². The van der Waals surface area contributed by atoms with Crippen molar-refractivity contribution in [1.29, 1.82) is 0 Å². The van der Waals surface area contributed by atoms with Gasteiger partial charge in [0.2, 0.25) is 0 Å². The SMILES string of the molecule is I.NC(=NCCNC(=O)c1ccccc1Cl)NC1CCCCCC1. The Balaban J connectivity index is 0.00000288. The predicted molar refractivity (Wildman–Crippen MR) is 110 cm³/mol. The summed E-state index contributed by atoms with van der Waals surface area (Å²) in [6.07, 6.45) is 7.42. The number of guanidine groups is 1. The Bertz CT molecular complexity index is 545. The van der Waals surface area contributed by atoms with Crippen LogP contribution >= 0.6 is 35.6 Å². The molecular formula is C17H26ClIN4O. The van der Waals surface area contributed by atoms with Gasteiger partial charge in [-0.1, -0.05) is 49.4 Å². The highest BCUT2D eigenvalue weighted by molar-refractivity contribution is 14.0. The number of amides is 1. The Morgan fingerprint density at radius 3 is 2.54 bits per heavy atom. The van der Waals surface area contributed by atoms with E-state index in [1.807, 2.05) is 0 Å². The molecular weight excluding hydrogens is 439 g/mol. The molecule has 1 aromatic rings. The largest absolute Gasteiger partial charge is 0.370 e. The van der Waals surface area contributed by atoms with E-state index in [1.54, 1.807) is 24.3 Å². The number of rotatable bonds is 5. The first-order valence-corrected chi connectivity index (χ1v) is 8.64. The van der Waals surface area contributed by atoms with E-state index >= 15 is 0 Å². The van der Waals surface area contributed by atoms with Gasteiger partial charge in [0.25, 0.3) is 5.91 Å². The van der Waals surface area contributed by atoms with Crippen LogP contribution in [0.5, 0.6) is 0 Å². The fraction of sp³-hybridized carbons (Fsp3) is 0.529. The lowest BCUT2D eigenvalue weighted by molar-refractivity contribution is 0.0955. The molecule has 7 heteroatoms. The van der Waals surface area contributed by atoms with E-state index in [0.717, 1.165) is 12.8 Å². The third-order valence-electron chi connectivity index (χ3n) is 4.01. The Morgan fingerprint density at radius 1 is 1.21 bits per heavy atom. The molecule has 0 aliphatic heterocycles. The van der Waals surface area contributed by atoms with Crippen LogP contribution in [0.4, 0.5) is 0 Å². The summed E-state index contributed by atoms with van der Waals surface area (Å²) in [5.41, 5.74) is 6.39. The molecule has 0 atom stereocenters. The molecule has 5 nitrogen and oxygen atoms in total. The molecule has 0 heterocycles. The number of carbonyl (C=O) groups excluding carboxylic acids is 1. The molecule has 1 aliphatic rings. The normalized spacial score (nSPS) is 16.0. The maximum absolute atomic E-state index is 12.0. The number of benzene rings is 1. The summed E-state index contributed by atoms with van der Waals surface area (Å²) in [6.45, 7) is 0.874. The molecule has 0 radical (unpaired) electrons. The van der Waals surface area contributed by atoms with E-state index in [0.29, 0.717) is 35.7 Å². The lowest BCUT2D eigenvalue weighted by Crippen LogP contribution is -2.40. The zero-order chi connectivity index (χ0) is 16.5. The van der Waals surface area contributed by atoms with Crippen LogP contribution < -0.4 is 16.4 Å². The van der Waals surface area contributed by atoms with Gasteiger partial charge in [0, 0.05) is 12.6 Å². The summed E-state index contributed by atoms with van der Waals surface area (Å²) in [5, 5.41) is 6.52. The molecule has 0 saturated heterocycles. The number of carbonyl (C=O) groups is 1. The van der Waals surface area contributed by atoms with Crippen molar-refractivity contribution in [2.24, 2.45) is 10.7 Å². The number of nitrogens with one attached hydrogen (secondary N) is 2. The molecule has 0 bridgehead atoms. The van der Waals surface area contributed by atoms with Gasteiger partial charge in [-0.15, -0.1) is 24.0 Å². The van der Waals surface area contributed by atoms with Crippen LogP contribution in [0.2, 0.25) is 5.02 Å². The first kappa shape index (κ1) is 21.0. The maximum Gasteiger partial charge on any atom is 0.252 e. The predicted octanol–water partition coefficient (Wildman–Crippen LogP) is 3.31. The molecule has 134 valence electrons. The fourth-order valence-electron chi connectivity index (χ4n) is 2.76. The summed E-state index contributed by atoms with van der Waals surface area (Å²) in [5.74, 6) is 0.269. The highest BCUT2D eigenvalue weighted by atomic mass is 127. The summed E-state index contributed by atoms with van der Waals surface area (Å²) in [4.78, 5) is 16.2. The van der Waals surface area contributed by atoms with Crippen LogP contribution in [0, 0.1) is 0 Å². The van der Waals surface area contributed by atoms with Crippen LogP contribution in [0.15, 0.2) is 29.3 Å². The van der Waals surface area contributed by atoms with Gasteiger partial charge < -0.3 is 16.4 Å². The number of halogens is 2. The summed E-state index contributed by atoms with van der Waals surface area (Å²) < 4.78 is 0. The number of hydrogen-bond donors (Lipinski definition) is 3. The maximum atomic E-state index is 12.0. The van der Waals surface area contributed by atoms with Crippen LogP contribution in [0.3, 0.4) is 0 Å². The second-order valence-corrected chi connectivity index (χ2v) is 6.24. The highest BCUT2D eigenvalue weighted by Crippen LogP contribution is 2.17. The van der Waals surface area contributed by atoms with Crippen LogP contribution in [-0.4, -0.2) is 31.0 Å². The Morgan fingerprint density at radius 2 is 1.88 bits per heavy atom. The third-order valence-corrected chi connectivity index (χ3v) is 4.33. The Labute approximate surface area is 165 Å². The smallest absolute Gasteiger partial charge is 0.252 e. The van der Waals surface area contributed by atoms with Gasteiger partial charge >= 0.3 is 0 Å². The minimum atomic E-state index is -0.193. The van der Waals surface area contributed by atoms with Crippen molar-refractivity contribution in [3.63, 3.8) is 0 Å². The molecule has 24 heavy (non-hydrogen) atoms. The molecule has 1 saturated carbocycles. The van der Waals surface area contributed by atoms with Gasteiger partial charge in [-0.25, -0.2) is 0 Å². The van der Waals surface area contributed by atoms with Gasteiger partial charge in [0.15, 0.2) is 5.96 Å². The number of nitrogens with two attached hydrogens (primary N) is 1. The van der Waals surface area contributed by atoms with E-state index in [2.05, 4.69) is 15.6 Å². The lowest BCUT2D eigenvalue weighted by atomic mass is 10.1. The van der Waals surface area contributed by atoms with Crippen molar-refractivity contribution in [2.45, 2.75) is 44.6 Å². The monoisotopic (exact) mass is 464 g/mol. The average Bonchev–Trinajstić information content (AvgIpc) is 2.80. The first-order valence-electron chi connectivity index (χ1n) is 8.26. The molecule has 4 N–H and O–H groups in total. The number of aliphatic imine (C=N–C) groups is 1. The van der Waals surface area contributed by atoms with E-state index in [-0.39, 0.29) is 29.9 Å². The minimum absolute atomic E-state index is 0. The molecule has 0 unspecified atom stereocenters. The van der Waals surface area contributed by atoms with Crippen molar-refractivity contribution < 1.29 is 4.79 Å². The van der Waals surface area contributed by atoms with Crippen molar-refractivity contribution in [1.82, 2.24) is 10.6 Å². The second-order valence-electron chi connectivity index (χ2n) is 5.84. The van der Waals surface area contributed by atoms with Crippen molar-refractivity contribution >= 4 is 47.4 Å². The zero-order valence-corrected chi connectivity index (χ0v) is 16.8. The topological polar surface area (TPSA) is 79.5 Å². The molecule has 1 aromatic carbocycles. The van der Waals surface area contributed by atoms with E-state index in [4.69, 9.17) is 17.3 Å². The molecule has 0 spiro atoms.